The van der Waals surface area contributed by atoms with Crippen LogP contribution in [0.4, 0.5) is 0 Å². The lowest BCUT2D eigenvalue weighted by Gasteiger charge is -2.15. The summed E-state index contributed by atoms with van der Waals surface area (Å²) in [6, 6.07) is 2.61. The molecule has 1 aromatic rings. The van der Waals surface area contributed by atoms with Gasteiger partial charge in [0.05, 0.1) is 6.10 Å². The molecule has 2 unspecified atom stereocenters. The van der Waals surface area contributed by atoms with Gasteiger partial charge in [0, 0.05) is 31.6 Å². The van der Waals surface area contributed by atoms with Crippen LogP contribution in [0.1, 0.15) is 18.9 Å². The van der Waals surface area contributed by atoms with Gasteiger partial charge in [-0.3, -0.25) is 0 Å². The van der Waals surface area contributed by atoms with Crippen LogP contribution in [-0.4, -0.2) is 23.7 Å². The Bertz CT molecular complexity index is 245. The van der Waals surface area contributed by atoms with Gasteiger partial charge in [0.25, 0.3) is 0 Å². The van der Waals surface area contributed by atoms with Crippen LogP contribution in [0.25, 0.3) is 0 Å². The van der Waals surface area contributed by atoms with Crippen molar-refractivity contribution in [3.05, 3.63) is 24.0 Å². The fourth-order valence-electron chi connectivity index (χ4n) is 1.72. The molecule has 0 aliphatic carbocycles. The first-order chi connectivity index (χ1) is 6.36. The molecule has 1 aliphatic rings. The van der Waals surface area contributed by atoms with Crippen molar-refractivity contribution in [2.24, 2.45) is 0 Å². The minimum Gasteiger partial charge on any atom is -0.377 e. The summed E-state index contributed by atoms with van der Waals surface area (Å²) in [5.74, 6) is 0. The van der Waals surface area contributed by atoms with Gasteiger partial charge in [-0.1, -0.05) is 0 Å². The van der Waals surface area contributed by atoms with Gasteiger partial charge in [0.15, 0.2) is 0 Å². The molecular weight excluding hydrogens is 164 g/mol. The summed E-state index contributed by atoms with van der Waals surface area (Å²) >= 11 is 0. The van der Waals surface area contributed by atoms with E-state index in [1.807, 2.05) is 12.4 Å². The number of aromatic amines is 1. The third-order valence-corrected chi connectivity index (χ3v) is 2.61. The number of hydrogen-bond donors (Lipinski definition) is 2. The van der Waals surface area contributed by atoms with E-state index in [1.165, 1.54) is 5.56 Å². The quantitative estimate of drug-likeness (QED) is 0.735. The average molecular weight is 180 g/mol. The number of aromatic nitrogens is 1. The second kappa shape index (κ2) is 3.94. The molecule has 1 fully saturated rings. The minimum atomic E-state index is 0.360. The van der Waals surface area contributed by atoms with E-state index >= 15 is 0 Å². The van der Waals surface area contributed by atoms with Gasteiger partial charge >= 0.3 is 0 Å². The summed E-state index contributed by atoms with van der Waals surface area (Å²) in [4.78, 5) is 3.05. The molecule has 0 radical (unpaired) electrons. The Morgan fingerprint density at radius 2 is 2.62 bits per heavy atom. The van der Waals surface area contributed by atoms with Crippen LogP contribution in [0.15, 0.2) is 18.5 Å². The van der Waals surface area contributed by atoms with Crippen LogP contribution < -0.4 is 5.32 Å². The lowest BCUT2D eigenvalue weighted by Crippen LogP contribution is -2.33. The normalized spacial score (nSPS) is 28.1. The fraction of sp³-hybridized carbons (Fsp3) is 0.600. The molecule has 0 bridgehead atoms. The van der Waals surface area contributed by atoms with E-state index in [9.17, 15) is 0 Å². The molecule has 2 atom stereocenters. The molecule has 1 aliphatic heterocycles. The monoisotopic (exact) mass is 180 g/mol. The molecule has 1 saturated heterocycles. The fourth-order valence-corrected chi connectivity index (χ4v) is 1.72. The summed E-state index contributed by atoms with van der Waals surface area (Å²) in [6.07, 6.45) is 5.46. The predicted molar refractivity (Wildman–Crippen MR) is 51.5 cm³/mol. The first-order valence-electron chi connectivity index (χ1n) is 4.83. The zero-order valence-electron chi connectivity index (χ0n) is 7.92. The first-order valence-corrected chi connectivity index (χ1v) is 4.83. The SMILES string of the molecule is CC1OCCC1NCc1cc[nH]c1. The Hall–Kier alpha value is -0.800. The van der Waals surface area contributed by atoms with Gasteiger partial charge in [0.2, 0.25) is 0 Å². The van der Waals surface area contributed by atoms with Crippen LogP contribution in [0.2, 0.25) is 0 Å². The van der Waals surface area contributed by atoms with Crippen molar-refractivity contribution in [3.63, 3.8) is 0 Å². The summed E-state index contributed by atoms with van der Waals surface area (Å²) in [6.45, 7) is 3.95. The summed E-state index contributed by atoms with van der Waals surface area (Å²) < 4.78 is 5.47. The van der Waals surface area contributed by atoms with Crippen molar-refractivity contribution in [2.45, 2.75) is 32.0 Å². The number of ether oxygens (including phenoxy) is 1. The number of hydrogen-bond acceptors (Lipinski definition) is 2. The largest absolute Gasteiger partial charge is 0.377 e. The molecule has 0 amide bonds. The van der Waals surface area contributed by atoms with Crippen molar-refractivity contribution in [1.29, 1.82) is 0 Å². The number of rotatable bonds is 3. The maximum absolute atomic E-state index is 5.47. The lowest BCUT2D eigenvalue weighted by atomic mass is 10.1. The predicted octanol–water partition coefficient (Wildman–Crippen LogP) is 1.28. The summed E-state index contributed by atoms with van der Waals surface area (Å²) in [5, 5.41) is 3.49. The third-order valence-electron chi connectivity index (χ3n) is 2.61. The van der Waals surface area contributed by atoms with E-state index < -0.39 is 0 Å². The highest BCUT2D eigenvalue weighted by Gasteiger charge is 2.23. The molecule has 0 aromatic carbocycles. The summed E-state index contributed by atoms with van der Waals surface area (Å²) in [7, 11) is 0. The molecule has 2 rings (SSSR count). The standard InChI is InChI=1S/C10H16N2O/c1-8-10(3-5-13-8)12-7-9-2-4-11-6-9/h2,4,6,8,10-12H,3,5,7H2,1H3. The third kappa shape index (κ3) is 2.11. The Balaban J connectivity index is 1.79. The van der Waals surface area contributed by atoms with Gasteiger partial charge in [-0.25, -0.2) is 0 Å². The molecule has 1 aromatic heterocycles. The highest BCUT2D eigenvalue weighted by atomic mass is 16.5. The zero-order chi connectivity index (χ0) is 9.10. The van der Waals surface area contributed by atoms with Crippen LogP contribution >= 0.6 is 0 Å². The van der Waals surface area contributed by atoms with Crippen LogP contribution in [0.5, 0.6) is 0 Å². The molecular formula is C10H16N2O. The molecule has 0 saturated carbocycles. The molecule has 13 heavy (non-hydrogen) atoms. The minimum absolute atomic E-state index is 0.360. The highest BCUT2D eigenvalue weighted by molar-refractivity contribution is 5.08. The van der Waals surface area contributed by atoms with Crippen molar-refractivity contribution in [2.75, 3.05) is 6.61 Å². The van der Waals surface area contributed by atoms with Crippen molar-refractivity contribution < 1.29 is 4.74 Å². The zero-order valence-corrected chi connectivity index (χ0v) is 7.92. The molecule has 2 heterocycles. The number of nitrogens with one attached hydrogen (secondary N) is 2. The molecule has 0 spiro atoms. The van der Waals surface area contributed by atoms with Crippen LogP contribution in [-0.2, 0) is 11.3 Å². The van der Waals surface area contributed by atoms with Gasteiger partial charge in [-0.05, 0) is 25.0 Å². The van der Waals surface area contributed by atoms with Crippen molar-refractivity contribution >= 4 is 0 Å². The molecule has 72 valence electrons. The Morgan fingerprint density at radius 3 is 3.23 bits per heavy atom. The average Bonchev–Trinajstić information content (AvgIpc) is 2.72. The second-order valence-corrected chi connectivity index (χ2v) is 3.57. The molecule has 2 N–H and O–H groups in total. The Kier molecular flexibility index (Phi) is 2.66. The number of H-pyrrole nitrogens is 1. The highest BCUT2D eigenvalue weighted by Crippen LogP contribution is 2.13. The van der Waals surface area contributed by atoms with Gasteiger partial charge in [-0.2, -0.15) is 0 Å². The van der Waals surface area contributed by atoms with Gasteiger partial charge in [0.1, 0.15) is 0 Å². The van der Waals surface area contributed by atoms with Gasteiger partial charge in [-0.15, -0.1) is 0 Å². The molecule has 3 heteroatoms. The van der Waals surface area contributed by atoms with E-state index in [1.54, 1.807) is 0 Å². The smallest absolute Gasteiger partial charge is 0.0700 e. The van der Waals surface area contributed by atoms with E-state index in [0.29, 0.717) is 12.1 Å². The van der Waals surface area contributed by atoms with E-state index in [0.717, 1.165) is 19.6 Å². The Morgan fingerprint density at radius 1 is 1.69 bits per heavy atom. The second-order valence-electron chi connectivity index (χ2n) is 3.57. The lowest BCUT2D eigenvalue weighted by molar-refractivity contribution is 0.113. The van der Waals surface area contributed by atoms with E-state index in [-0.39, 0.29) is 0 Å². The van der Waals surface area contributed by atoms with E-state index in [2.05, 4.69) is 23.3 Å². The Labute approximate surface area is 78.5 Å². The van der Waals surface area contributed by atoms with Gasteiger partial charge < -0.3 is 15.0 Å². The van der Waals surface area contributed by atoms with Crippen molar-refractivity contribution in [1.82, 2.24) is 10.3 Å². The first kappa shape index (κ1) is 8.78. The maximum atomic E-state index is 5.47. The van der Waals surface area contributed by atoms with Crippen molar-refractivity contribution in [3.8, 4) is 0 Å². The van der Waals surface area contributed by atoms with Crippen LogP contribution in [0, 0.1) is 0 Å². The topological polar surface area (TPSA) is 37.0 Å². The maximum Gasteiger partial charge on any atom is 0.0700 e. The summed E-state index contributed by atoms with van der Waals surface area (Å²) in [5.41, 5.74) is 1.30. The van der Waals surface area contributed by atoms with Crippen LogP contribution in [0.3, 0.4) is 0 Å². The molecule has 3 nitrogen and oxygen atoms in total. The van der Waals surface area contributed by atoms with E-state index in [4.69, 9.17) is 4.74 Å².